The Morgan fingerprint density at radius 3 is 2.61 bits per heavy atom. The van der Waals surface area contributed by atoms with Crippen molar-refractivity contribution in [2.45, 2.75) is 13.3 Å². The highest BCUT2D eigenvalue weighted by molar-refractivity contribution is 5.79. The molecule has 0 aliphatic carbocycles. The van der Waals surface area contributed by atoms with Gasteiger partial charge in [-0.3, -0.25) is 15.1 Å². The van der Waals surface area contributed by atoms with Gasteiger partial charge in [0.05, 0.1) is 4.92 Å². The van der Waals surface area contributed by atoms with Gasteiger partial charge in [0.15, 0.2) is 5.96 Å². The first-order valence-electron chi connectivity index (χ1n) is 7.66. The van der Waals surface area contributed by atoms with Gasteiger partial charge >= 0.3 is 0 Å². The fourth-order valence-corrected chi connectivity index (χ4v) is 1.83. The first-order valence-corrected chi connectivity index (χ1v) is 7.66. The maximum atomic E-state index is 10.6. The summed E-state index contributed by atoms with van der Waals surface area (Å²) in [6.07, 6.45) is 0.883. The van der Waals surface area contributed by atoms with E-state index in [4.69, 9.17) is 4.74 Å². The number of anilines is 1. The monoisotopic (exact) mass is 323 g/mol. The molecule has 128 valence electrons. The van der Waals surface area contributed by atoms with E-state index in [0.29, 0.717) is 26.2 Å². The van der Waals surface area contributed by atoms with Crippen LogP contribution in [0.25, 0.3) is 0 Å². The van der Waals surface area contributed by atoms with Crippen molar-refractivity contribution < 1.29 is 9.66 Å². The number of benzene rings is 1. The summed E-state index contributed by atoms with van der Waals surface area (Å²) in [7, 11) is 1.68. The molecule has 0 saturated heterocycles. The molecule has 0 heterocycles. The van der Waals surface area contributed by atoms with Gasteiger partial charge < -0.3 is 20.7 Å². The van der Waals surface area contributed by atoms with E-state index in [1.54, 1.807) is 19.2 Å². The Balaban J connectivity index is 2.31. The van der Waals surface area contributed by atoms with E-state index < -0.39 is 4.92 Å². The molecule has 8 nitrogen and oxygen atoms in total. The van der Waals surface area contributed by atoms with Crippen LogP contribution in [0.4, 0.5) is 11.4 Å². The van der Waals surface area contributed by atoms with Gasteiger partial charge in [-0.1, -0.05) is 0 Å². The molecule has 0 radical (unpaired) electrons. The van der Waals surface area contributed by atoms with E-state index in [1.807, 2.05) is 6.92 Å². The second-order valence-corrected chi connectivity index (χ2v) is 4.76. The normalized spacial score (nSPS) is 11.1. The second-order valence-electron chi connectivity index (χ2n) is 4.76. The molecule has 0 unspecified atom stereocenters. The number of nitrogens with zero attached hydrogens (tertiary/aromatic N) is 2. The van der Waals surface area contributed by atoms with Gasteiger partial charge in [-0.2, -0.15) is 0 Å². The van der Waals surface area contributed by atoms with E-state index in [9.17, 15) is 10.1 Å². The Morgan fingerprint density at radius 2 is 2.00 bits per heavy atom. The van der Waals surface area contributed by atoms with Crippen molar-refractivity contribution in [1.29, 1.82) is 0 Å². The molecule has 0 fully saturated rings. The molecule has 0 aromatic heterocycles. The van der Waals surface area contributed by atoms with Gasteiger partial charge in [0.25, 0.3) is 5.69 Å². The number of guanidine groups is 1. The number of nitrogens with one attached hydrogen (secondary N) is 3. The fraction of sp³-hybridized carbons (Fsp3) is 0.533. The van der Waals surface area contributed by atoms with Crippen LogP contribution in [0.5, 0.6) is 0 Å². The van der Waals surface area contributed by atoms with Crippen molar-refractivity contribution in [3.63, 3.8) is 0 Å². The van der Waals surface area contributed by atoms with E-state index in [-0.39, 0.29) is 5.69 Å². The molecule has 1 aromatic rings. The van der Waals surface area contributed by atoms with Crippen LogP contribution >= 0.6 is 0 Å². The fourth-order valence-electron chi connectivity index (χ4n) is 1.83. The number of hydrogen-bond donors (Lipinski definition) is 3. The lowest BCUT2D eigenvalue weighted by Gasteiger charge is -2.12. The lowest BCUT2D eigenvalue weighted by atomic mass is 10.3. The summed E-state index contributed by atoms with van der Waals surface area (Å²) in [6.45, 7) is 5.59. The zero-order chi connectivity index (χ0) is 16.9. The third kappa shape index (κ3) is 8.01. The van der Waals surface area contributed by atoms with Crippen LogP contribution in [0.3, 0.4) is 0 Å². The molecular formula is C15H25N5O3. The molecule has 0 saturated carbocycles. The first-order chi connectivity index (χ1) is 11.2. The molecule has 0 bridgehead atoms. The largest absolute Gasteiger partial charge is 0.385 e. The Morgan fingerprint density at radius 1 is 1.26 bits per heavy atom. The van der Waals surface area contributed by atoms with Gasteiger partial charge in [-0.05, 0) is 25.5 Å². The summed E-state index contributed by atoms with van der Waals surface area (Å²) < 4.78 is 4.99. The summed E-state index contributed by atoms with van der Waals surface area (Å²) in [4.78, 5) is 14.6. The highest BCUT2D eigenvalue weighted by Gasteiger charge is 2.03. The van der Waals surface area contributed by atoms with Crippen LogP contribution in [-0.4, -0.2) is 50.8 Å². The Kier molecular flexibility index (Phi) is 9.14. The summed E-state index contributed by atoms with van der Waals surface area (Å²) in [5, 5.41) is 20.2. The zero-order valence-corrected chi connectivity index (χ0v) is 13.7. The van der Waals surface area contributed by atoms with Crippen LogP contribution in [0, 0.1) is 10.1 Å². The highest BCUT2D eigenvalue weighted by atomic mass is 16.6. The molecule has 0 spiro atoms. The molecule has 0 aliphatic rings. The van der Waals surface area contributed by atoms with E-state index in [1.165, 1.54) is 12.1 Å². The minimum atomic E-state index is -0.409. The summed E-state index contributed by atoms with van der Waals surface area (Å²) in [6, 6.07) is 6.36. The van der Waals surface area contributed by atoms with Crippen molar-refractivity contribution >= 4 is 17.3 Å². The minimum absolute atomic E-state index is 0.0892. The molecule has 1 aromatic carbocycles. The van der Waals surface area contributed by atoms with Crippen molar-refractivity contribution in [2.24, 2.45) is 4.99 Å². The molecule has 8 heteroatoms. The molecular weight excluding hydrogens is 298 g/mol. The highest BCUT2D eigenvalue weighted by Crippen LogP contribution is 2.14. The number of nitro groups is 1. The van der Waals surface area contributed by atoms with Crippen molar-refractivity contribution in [2.75, 3.05) is 45.2 Å². The van der Waals surface area contributed by atoms with Crippen molar-refractivity contribution in [1.82, 2.24) is 10.6 Å². The van der Waals surface area contributed by atoms with Gasteiger partial charge in [0.1, 0.15) is 0 Å². The molecule has 0 aliphatic heterocycles. The summed E-state index contributed by atoms with van der Waals surface area (Å²) in [5.74, 6) is 0.772. The predicted molar refractivity (Wildman–Crippen MR) is 92.1 cm³/mol. The lowest BCUT2D eigenvalue weighted by Crippen LogP contribution is -2.39. The van der Waals surface area contributed by atoms with Crippen LogP contribution in [-0.2, 0) is 4.74 Å². The Hall–Kier alpha value is -2.35. The quantitative estimate of drug-likeness (QED) is 0.199. The van der Waals surface area contributed by atoms with E-state index >= 15 is 0 Å². The van der Waals surface area contributed by atoms with E-state index in [2.05, 4.69) is 20.9 Å². The standard InChI is InChI=1S/C15H25N5O3/c1-3-16-15(18-9-4-12-23-2)19-11-10-17-13-5-7-14(8-6-13)20(21)22/h5-8,17H,3-4,9-12H2,1-2H3,(H2,16,18,19). The SMILES string of the molecule is CCNC(=NCCCOC)NCCNc1ccc([N+](=O)[O-])cc1. The molecule has 0 amide bonds. The topological polar surface area (TPSA) is 101 Å². The molecule has 23 heavy (non-hydrogen) atoms. The maximum Gasteiger partial charge on any atom is 0.269 e. The lowest BCUT2D eigenvalue weighted by molar-refractivity contribution is -0.384. The third-order valence-corrected chi connectivity index (χ3v) is 2.95. The average molecular weight is 323 g/mol. The zero-order valence-electron chi connectivity index (χ0n) is 13.7. The maximum absolute atomic E-state index is 10.6. The third-order valence-electron chi connectivity index (χ3n) is 2.95. The number of non-ortho nitro benzene ring substituents is 1. The second kappa shape index (κ2) is 11.2. The number of nitro benzene ring substituents is 1. The predicted octanol–water partition coefficient (Wildman–Crippen LogP) is 1.60. The minimum Gasteiger partial charge on any atom is -0.385 e. The summed E-state index contributed by atoms with van der Waals surface area (Å²) >= 11 is 0. The number of ether oxygens (including phenoxy) is 1. The van der Waals surface area contributed by atoms with Crippen LogP contribution in [0.2, 0.25) is 0 Å². The Bertz CT molecular complexity index is 490. The van der Waals surface area contributed by atoms with Gasteiger partial charge in [0.2, 0.25) is 0 Å². The number of methoxy groups -OCH3 is 1. The van der Waals surface area contributed by atoms with Gasteiger partial charge in [-0.25, -0.2) is 0 Å². The smallest absolute Gasteiger partial charge is 0.269 e. The molecule has 0 atom stereocenters. The number of aliphatic imine (C=N–C) groups is 1. The summed E-state index contributed by atoms with van der Waals surface area (Å²) in [5.41, 5.74) is 0.936. The van der Waals surface area contributed by atoms with Crippen molar-refractivity contribution in [3.05, 3.63) is 34.4 Å². The van der Waals surface area contributed by atoms with Gasteiger partial charge in [-0.15, -0.1) is 0 Å². The number of hydrogen-bond acceptors (Lipinski definition) is 5. The molecule has 3 N–H and O–H groups in total. The number of rotatable bonds is 10. The van der Waals surface area contributed by atoms with Crippen LogP contribution in [0.1, 0.15) is 13.3 Å². The van der Waals surface area contributed by atoms with Crippen LogP contribution in [0.15, 0.2) is 29.3 Å². The van der Waals surface area contributed by atoms with Crippen molar-refractivity contribution in [3.8, 4) is 0 Å². The van der Waals surface area contributed by atoms with Crippen LogP contribution < -0.4 is 16.0 Å². The molecule has 1 rings (SSSR count). The van der Waals surface area contributed by atoms with Gasteiger partial charge in [0, 0.05) is 57.7 Å². The average Bonchev–Trinajstić information content (AvgIpc) is 2.55. The van der Waals surface area contributed by atoms with E-state index in [0.717, 1.165) is 24.6 Å². The Labute approximate surface area is 136 Å². The first kappa shape index (κ1) is 18.7.